The minimum Gasteiger partial charge on any atom is -0.496 e. The van der Waals surface area contributed by atoms with E-state index in [4.69, 9.17) is 20.3 Å². The smallest absolute Gasteiger partial charge is 0.222 e. The van der Waals surface area contributed by atoms with Crippen LogP contribution >= 0.6 is 0 Å². The Hall–Kier alpha value is -3.11. The molecule has 0 aliphatic heterocycles. The molecule has 0 saturated carbocycles. The van der Waals surface area contributed by atoms with E-state index in [0.29, 0.717) is 36.5 Å². The van der Waals surface area contributed by atoms with E-state index in [1.165, 1.54) is 0 Å². The fraction of sp³-hybridized carbons (Fsp3) is 0.500. The van der Waals surface area contributed by atoms with Crippen molar-refractivity contribution >= 4 is 22.8 Å². The Kier molecular flexibility index (Phi) is 8.07. The van der Waals surface area contributed by atoms with Crippen molar-refractivity contribution in [2.24, 2.45) is 0 Å². The van der Waals surface area contributed by atoms with Crippen molar-refractivity contribution in [3.8, 4) is 11.5 Å². The molecule has 0 atom stereocenters. The number of rotatable bonds is 12. The molecule has 1 aromatic carbocycles. The lowest BCUT2D eigenvalue weighted by atomic mass is 10.1. The van der Waals surface area contributed by atoms with Crippen molar-refractivity contribution in [2.45, 2.75) is 32.9 Å². The number of fused-ring (bicyclic) bond motifs is 1. The summed E-state index contributed by atoms with van der Waals surface area (Å²) in [7, 11) is 5.19. The normalized spacial score (nSPS) is 11.2. The third-order valence-electron chi connectivity index (χ3n) is 5.23. The molecule has 2 heterocycles. The van der Waals surface area contributed by atoms with Gasteiger partial charge in [-0.1, -0.05) is 13.3 Å². The maximum absolute atomic E-state index is 9.54. The lowest BCUT2D eigenvalue weighted by Crippen LogP contribution is -2.29. The summed E-state index contributed by atoms with van der Waals surface area (Å²) in [5.74, 6) is 2.27. The monoisotopic (exact) mass is 443 g/mol. The summed E-state index contributed by atoms with van der Waals surface area (Å²) in [4.78, 5) is 10.8. The first-order chi connectivity index (χ1) is 15.5. The number of aromatic nitrogens is 4. The Labute approximate surface area is 188 Å². The first kappa shape index (κ1) is 23.6. The van der Waals surface area contributed by atoms with Gasteiger partial charge in [0.2, 0.25) is 5.95 Å². The number of hydrogen-bond donors (Lipinski definition) is 3. The average Bonchev–Trinajstić information content (AvgIpc) is 3.19. The summed E-state index contributed by atoms with van der Waals surface area (Å²) in [5, 5.41) is 17.4. The molecular weight excluding hydrogens is 410 g/mol. The largest absolute Gasteiger partial charge is 0.496 e. The molecule has 3 aromatic rings. The molecule has 0 fully saturated rings. The zero-order chi connectivity index (χ0) is 23.1. The second-order valence-electron chi connectivity index (χ2n) is 7.54. The number of hydrogen-bond acceptors (Lipinski definition) is 9. The topological polar surface area (TPSA) is 124 Å². The summed E-state index contributed by atoms with van der Waals surface area (Å²) >= 11 is 0. The van der Waals surface area contributed by atoms with Crippen molar-refractivity contribution in [3.05, 3.63) is 29.5 Å². The number of ether oxygens (including phenoxy) is 2. The van der Waals surface area contributed by atoms with E-state index < -0.39 is 0 Å². The van der Waals surface area contributed by atoms with Gasteiger partial charge in [0.15, 0.2) is 11.3 Å². The number of anilines is 2. The summed E-state index contributed by atoms with van der Waals surface area (Å²) in [6, 6.07) is 3.99. The Bertz CT molecular complexity index is 1010. The number of nitrogen functional groups attached to an aromatic ring is 1. The first-order valence-electron chi connectivity index (χ1n) is 10.8. The zero-order valence-corrected chi connectivity index (χ0v) is 19.3. The van der Waals surface area contributed by atoms with Crippen LogP contribution in [-0.4, -0.2) is 65.8 Å². The minimum atomic E-state index is 0.0171. The predicted molar refractivity (Wildman–Crippen MR) is 125 cm³/mol. The molecule has 0 amide bonds. The molecule has 4 N–H and O–H groups in total. The summed E-state index contributed by atoms with van der Waals surface area (Å²) in [5.41, 5.74) is 9.23. The van der Waals surface area contributed by atoms with E-state index in [1.54, 1.807) is 18.9 Å². The summed E-state index contributed by atoms with van der Waals surface area (Å²) in [6.07, 6.45) is 3.84. The van der Waals surface area contributed by atoms with Crippen LogP contribution < -0.4 is 25.4 Å². The minimum absolute atomic E-state index is 0.0171. The number of nitrogens with zero attached hydrogens (tertiary/aromatic N) is 5. The number of benzene rings is 1. The molecule has 0 bridgehead atoms. The van der Waals surface area contributed by atoms with Crippen LogP contribution in [0.4, 0.5) is 11.8 Å². The Morgan fingerprint density at radius 3 is 2.47 bits per heavy atom. The van der Waals surface area contributed by atoms with Crippen LogP contribution in [-0.2, 0) is 13.1 Å². The van der Waals surface area contributed by atoms with E-state index >= 15 is 0 Å². The van der Waals surface area contributed by atoms with Gasteiger partial charge in [0.1, 0.15) is 17.0 Å². The molecule has 3 rings (SSSR count). The third kappa shape index (κ3) is 5.20. The Balaban J connectivity index is 2.03. The highest BCUT2D eigenvalue weighted by Gasteiger charge is 2.19. The molecule has 0 unspecified atom stereocenters. The number of nitrogens with two attached hydrogens (primary N) is 1. The second kappa shape index (κ2) is 11.0. The van der Waals surface area contributed by atoms with Crippen LogP contribution in [0, 0.1) is 0 Å². The van der Waals surface area contributed by atoms with Gasteiger partial charge >= 0.3 is 0 Å². The van der Waals surface area contributed by atoms with Crippen molar-refractivity contribution < 1.29 is 14.6 Å². The van der Waals surface area contributed by atoms with Gasteiger partial charge < -0.3 is 30.5 Å². The van der Waals surface area contributed by atoms with Gasteiger partial charge in [-0.2, -0.15) is 10.1 Å². The average molecular weight is 444 g/mol. The van der Waals surface area contributed by atoms with Crippen molar-refractivity contribution in [3.63, 3.8) is 0 Å². The highest BCUT2D eigenvalue weighted by atomic mass is 16.5. The first-order valence-corrected chi connectivity index (χ1v) is 10.8. The fourth-order valence-corrected chi connectivity index (χ4v) is 3.72. The molecule has 10 heteroatoms. The van der Waals surface area contributed by atoms with Crippen LogP contribution in [0.2, 0.25) is 0 Å². The SMILES string of the molecule is CCCCN(CCO)c1nc(N)nc2cn(Cc3c(OC)cc(CNC)cc3OC)nc12. The summed E-state index contributed by atoms with van der Waals surface area (Å²) in [6.45, 7) is 4.48. The van der Waals surface area contributed by atoms with Crippen molar-refractivity contribution in [1.82, 2.24) is 25.1 Å². The predicted octanol–water partition coefficient (Wildman–Crippen LogP) is 1.79. The van der Waals surface area contributed by atoms with Crippen molar-refractivity contribution in [2.75, 3.05) is 51.6 Å². The van der Waals surface area contributed by atoms with Crippen LogP contribution in [0.5, 0.6) is 11.5 Å². The van der Waals surface area contributed by atoms with Gasteiger partial charge in [0.05, 0.1) is 39.1 Å². The molecule has 0 radical (unpaired) electrons. The maximum Gasteiger partial charge on any atom is 0.222 e. The summed E-state index contributed by atoms with van der Waals surface area (Å²) < 4.78 is 13.1. The highest BCUT2D eigenvalue weighted by Crippen LogP contribution is 2.32. The molecule has 2 aromatic heterocycles. The lowest BCUT2D eigenvalue weighted by molar-refractivity contribution is 0.301. The Morgan fingerprint density at radius 2 is 1.88 bits per heavy atom. The molecular formula is C22H33N7O3. The van der Waals surface area contributed by atoms with Gasteiger partial charge in [-0.3, -0.25) is 4.68 Å². The van der Waals surface area contributed by atoms with Gasteiger partial charge in [-0.05, 0) is 31.2 Å². The van der Waals surface area contributed by atoms with Gasteiger partial charge in [0, 0.05) is 19.6 Å². The van der Waals surface area contributed by atoms with Crippen molar-refractivity contribution in [1.29, 1.82) is 0 Å². The Morgan fingerprint density at radius 1 is 1.16 bits per heavy atom. The zero-order valence-electron chi connectivity index (χ0n) is 19.3. The maximum atomic E-state index is 9.54. The van der Waals surface area contributed by atoms with E-state index in [0.717, 1.165) is 42.0 Å². The van der Waals surface area contributed by atoms with E-state index in [-0.39, 0.29) is 12.6 Å². The van der Waals surface area contributed by atoms with Gasteiger partial charge in [0.25, 0.3) is 0 Å². The van der Waals surface area contributed by atoms with Crippen LogP contribution in [0.15, 0.2) is 18.3 Å². The molecule has 0 saturated heterocycles. The quantitative estimate of drug-likeness (QED) is 0.384. The van der Waals surface area contributed by atoms with Gasteiger partial charge in [-0.15, -0.1) is 0 Å². The fourth-order valence-electron chi connectivity index (χ4n) is 3.72. The molecule has 0 aliphatic carbocycles. The second-order valence-corrected chi connectivity index (χ2v) is 7.54. The van der Waals surface area contributed by atoms with E-state index in [2.05, 4.69) is 22.2 Å². The number of methoxy groups -OCH3 is 2. The lowest BCUT2D eigenvalue weighted by Gasteiger charge is -2.22. The van der Waals surface area contributed by atoms with Crippen LogP contribution in [0.3, 0.4) is 0 Å². The van der Waals surface area contributed by atoms with Crippen LogP contribution in [0.1, 0.15) is 30.9 Å². The number of aliphatic hydroxyl groups excluding tert-OH is 1. The number of unbranched alkanes of at least 4 members (excludes halogenated alkanes) is 1. The number of nitrogens with one attached hydrogen (secondary N) is 1. The van der Waals surface area contributed by atoms with E-state index in [9.17, 15) is 5.11 Å². The third-order valence-corrected chi connectivity index (χ3v) is 5.23. The standard InChI is InChI=1S/C22H33N7O3/c1-5-6-7-28(8-9-30)21-20-17(25-22(23)26-21)14-29(27-20)13-16-18(31-3)10-15(12-24-2)11-19(16)32-4/h10-11,14,24,30H,5-9,12-13H2,1-4H3,(H2,23,25). The van der Waals surface area contributed by atoms with Gasteiger partial charge in [-0.25, -0.2) is 4.98 Å². The number of aliphatic hydroxyl groups is 1. The van der Waals surface area contributed by atoms with Crippen LogP contribution in [0.25, 0.3) is 11.0 Å². The molecule has 0 aliphatic rings. The molecule has 0 spiro atoms. The highest BCUT2D eigenvalue weighted by molar-refractivity contribution is 5.86. The molecule has 174 valence electrons. The molecule has 32 heavy (non-hydrogen) atoms. The molecule has 10 nitrogen and oxygen atoms in total. The van der Waals surface area contributed by atoms with E-state index in [1.807, 2.05) is 30.3 Å².